The number of carbonyl (C=O) groups is 2. The molecule has 2 aromatic carbocycles. The zero-order valence-corrected chi connectivity index (χ0v) is 16.1. The van der Waals surface area contributed by atoms with Crippen LogP contribution in [0.5, 0.6) is 0 Å². The molecule has 28 heavy (non-hydrogen) atoms. The summed E-state index contributed by atoms with van der Waals surface area (Å²) >= 11 is 1.46. The summed E-state index contributed by atoms with van der Waals surface area (Å²) in [5, 5.41) is 0.162. The van der Waals surface area contributed by atoms with Gasteiger partial charge in [-0.3, -0.25) is 4.79 Å². The van der Waals surface area contributed by atoms with Gasteiger partial charge >= 0.3 is 12.1 Å². The topological polar surface area (TPSA) is 46.6 Å². The summed E-state index contributed by atoms with van der Waals surface area (Å²) in [7, 11) is 1.26. The number of hydrogen-bond acceptors (Lipinski definition) is 4. The highest BCUT2D eigenvalue weighted by molar-refractivity contribution is 8.00. The zero-order chi connectivity index (χ0) is 20.5. The van der Waals surface area contributed by atoms with Gasteiger partial charge in [0, 0.05) is 22.3 Å². The number of benzene rings is 2. The molecule has 1 heterocycles. The molecule has 0 saturated carbocycles. The van der Waals surface area contributed by atoms with Crippen LogP contribution < -0.4 is 4.90 Å². The number of hydrogen-bond donors (Lipinski definition) is 0. The molecular formula is C20H18F3NO3S. The third-order valence-electron chi connectivity index (χ3n) is 4.46. The van der Waals surface area contributed by atoms with E-state index in [-0.39, 0.29) is 16.5 Å². The maximum Gasteiger partial charge on any atom is 0.416 e. The van der Waals surface area contributed by atoms with Crippen molar-refractivity contribution in [2.24, 2.45) is 0 Å². The van der Waals surface area contributed by atoms with Gasteiger partial charge in [0.2, 0.25) is 0 Å². The van der Waals surface area contributed by atoms with Crippen LogP contribution in [0.15, 0.2) is 47.4 Å². The molecule has 0 spiro atoms. The minimum absolute atomic E-state index is 0.162. The molecule has 0 aromatic heterocycles. The summed E-state index contributed by atoms with van der Waals surface area (Å²) < 4.78 is 44.2. The standard InChI is InChI=1S/C20H18F3NO3S/c1-12-9-10-24(16-11-15(20(21,22)23)7-8-17(16)28-12)18(25)13-3-5-14(6-4-13)19(26)27-2/h3-8,11-12H,9-10H2,1-2H3/t12-/m0/s1. The van der Waals surface area contributed by atoms with Crippen molar-refractivity contribution >= 4 is 29.3 Å². The number of amides is 1. The van der Waals surface area contributed by atoms with Gasteiger partial charge in [0.05, 0.1) is 23.9 Å². The Labute approximate surface area is 164 Å². The van der Waals surface area contributed by atoms with Crippen LogP contribution in [0.4, 0.5) is 18.9 Å². The third kappa shape index (κ3) is 4.16. The number of methoxy groups -OCH3 is 1. The Balaban J connectivity index is 1.99. The quantitative estimate of drug-likeness (QED) is 0.654. The van der Waals surface area contributed by atoms with E-state index in [1.807, 2.05) is 6.92 Å². The van der Waals surface area contributed by atoms with Crippen LogP contribution in [-0.2, 0) is 10.9 Å². The van der Waals surface area contributed by atoms with E-state index in [9.17, 15) is 22.8 Å². The van der Waals surface area contributed by atoms with Crippen LogP contribution >= 0.6 is 11.8 Å². The molecule has 0 radical (unpaired) electrons. The van der Waals surface area contributed by atoms with E-state index in [2.05, 4.69) is 4.74 Å². The van der Waals surface area contributed by atoms with Gasteiger partial charge in [-0.05, 0) is 48.9 Å². The number of alkyl halides is 3. The van der Waals surface area contributed by atoms with Crippen LogP contribution in [-0.4, -0.2) is 30.8 Å². The molecule has 1 atom stereocenters. The van der Waals surface area contributed by atoms with E-state index in [1.165, 1.54) is 54.1 Å². The monoisotopic (exact) mass is 409 g/mol. The molecule has 1 aliphatic rings. The van der Waals surface area contributed by atoms with Crippen LogP contribution in [0.25, 0.3) is 0 Å². The second-order valence-corrected chi connectivity index (χ2v) is 7.90. The predicted octanol–water partition coefficient (Wildman–Crippen LogP) is 5.02. The largest absolute Gasteiger partial charge is 0.465 e. The van der Waals surface area contributed by atoms with Crippen molar-refractivity contribution in [1.29, 1.82) is 0 Å². The summed E-state index contributed by atoms with van der Waals surface area (Å²) in [5.41, 5.74) is 0.0425. The summed E-state index contributed by atoms with van der Waals surface area (Å²) in [5.74, 6) is -0.939. The van der Waals surface area contributed by atoms with Crippen LogP contribution in [0.3, 0.4) is 0 Å². The molecule has 4 nitrogen and oxygen atoms in total. The van der Waals surface area contributed by atoms with Crippen molar-refractivity contribution in [3.63, 3.8) is 0 Å². The smallest absolute Gasteiger partial charge is 0.416 e. The molecule has 0 saturated heterocycles. The van der Waals surface area contributed by atoms with Crippen molar-refractivity contribution in [3.8, 4) is 0 Å². The summed E-state index contributed by atoms with van der Waals surface area (Å²) in [6.45, 7) is 2.28. The Bertz CT molecular complexity index is 897. The van der Waals surface area contributed by atoms with Crippen LogP contribution in [0.1, 0.15) is 39.6 Å². The van der Waals surface area contributed by atoms with Crippen molar-refractivity contribution in [2.75, 3.05) is 18.6 Å². The summed E-state index contributed by atoms with van der Waals surface area (Å²) in [6, 6.07) is 9.36. The van der Waals surface area contributed by atoms with Gasteiger partial charge in [-0.2, -0.15) is 13.2 Å². The molecule has 0 fully saturated rings. The molecule has 0 unspecified atom stereocenters. The minimum atomic E-state index is -4.49. The first-order valence-corrected chi connectivity index (χ1v) is 9.47. The average molecular weight is 409 g/mol. The van der Waals surface area contributed by atoms with Gasteiger partial charge in [-0.15, -0.1) is 11.8 Å². The van der Waals surface area contributed by atoms with Crippen molar-refractivity contribution < 1.29 is 27.5 Å². The number of halogens is 3. The normalized spacial score (nSPS) is 16.9. The highest BCUT2D eigenvalue weighted by Gasteiger charge is 2.33. The third-order valence-corrected chi connectivity index (χ3v) is 5.70. The number of carbonyl (C=O) groups excluding carboxylic acids is 2. The Kier molecular flexibility index (Phi) is 5.69. The highest BCUT2D eigenvalue weighted by Crippen LogP contribution is 2.41. The Morgan fingerprint density at radius 3 is 2.36 bits per heavy atom. The molecule has 8 heteroatoms. The number of nitrogens with zero attached hydrogens (tertiary/aromatic N) is 1. The SMILES string of the molecule is COC(=O)c1ccc(C(=O)N2CC[C@H](C)Sc3ccc(C(F)(F)F)cc32)cc1. The van der Waals surface area contributed by atoms with Gasteiger partial charge in [0.1, 0.15) is 0 Å². The van der Waals surface area contributed by atoms with Crippen LogP contribution in [0.2, 0.25) is 0 Å². The number of anilines is 1. The Morgan fingerprint density at radius 2 is 1.75 bits per heavy atom. The van der Waals surface area contributed by atoms with E-state index in [4.69, 9.17) is 0 Å². The Hall–Kier alpha value is -2.48. The Morgan fingerprint density at radius 1 is 1.11 bits per heavy atom. The fraction of sp³-hybridized carbons (Fsp3) is 0.300. The lowest BCUT2D eigenvalue weighted by molar-refractivity contribution is -0.137. The van der Waals surface area contributed by atoms with Crippen LogP contribution in [0, 0.1) is 0 Å². The van der Waals surface area contributed by atoms with E-state index in [0.717, 1.165) is 12.1 Å². The van der Waals surface area contributed by atoms with Crippen molar-refractivity contribution in [2.45, 2.75) is 29.7 Å². The van der Waals surface area contributed by atoms with Gasteiger partial charge < -0.3 is 9.64 Å². The van der Waals surface area contributed by atoms with E-state index in [1.54, 1.807) is 0 Å². The van der Waals surface area contributed by atoms with Crippen molar-refractivity contribution in [3.05, 3.63) is 59.2 Å². The zero-order valence-electron chi connectivity index (χ0n) is 15.2. The average Bonchev–Trinajstić information content (AvgIpc) is 2.83. The maximum atomic E-state index is 13.2. The minimum Gasteiger partial charge on any atom is -0.465 e. The van der Waals surface area contributed by atoms with Gasteiger partial charge in [0.15, 0.2) is 0 Å². The second-order valence-electron chi connectivity index (χ2n) is 6.42. The lowest BCUT2D eigenvalue weighted by Gasteiger charge is -2.24. The molecule has 0 N–H and O–H groups in total. The summed E-state index contributed by atoms with van der Waals surface area (Å²) in [6.07, 6.45) is -3.85. The molecule has 3 rings (SSSR count). The fourth-order valence-corrected chi connectivity index (χ4v) is 4.04. The molecular weight excluding hydrogens is 391 g/mol. The molecule has 0 aliphatic carbocycles. The molecule has 2 aromatic rings. The van der Waals surface area contributed by atoms with Gasteiger partial charge in [-0.1, -0.05) is 6.92 Å². The second kappa shape index (κ2) is 7.87. The number of rotatable bonds is 2. The maximum absolute atomic E-state index is 13.2. The number of thioether (sulfide) groups is 1. The number of fused-ring (bicyclic) bond motifs is 1. The predicted molar refractivity (Wildman–Crippen MR) is 101 cm³/mol. The first-order valence-electron chi connectivity index (χ1n) is 8.59. The van der Waals surface area contributed by atoms with Gasteiger partial charge in [0.25, 0.3) is 5.91 Å². The lowest BCUT2D eigenvalue weighted by Crippen LogP contribution is -2.32. The first kappa shape index (κ1) is 20.3. The van der Waals surface area contributed by atoms with E-state index >= 15 is 0 Å². The number of ether oxygens (including phenoxy) is 1. The lowest BCUT2D eigenvalue weighted by atomic mass is 10.1. The van der Waals surface area contributed by atoms with Crippen molar-refractivity contribution in [1.82, 2.24) is 0 Å². The highest BCUT2D eigenvalue weighted by atomic mass is 32.2. The molecule has 0 bridgehead atoms. The first-order chi connectivity index (χ1) is 13.2. The number of esters is 1. The van der Waals surface area contributed by atoms with Gasteiger partial charge in [-0.25, -0.2) is 4.79 Å². The summed E-state index contributed by atoms with van der Waals surface area (Å²) in [4.78, 5) is 26.6. The molecule has 148 valence electrons. The fourth-order valence-electron chi connectivity index (χ4n) is 2.94. The molecule has 1 aliphatic heterocycles. The van der Waals surface area contributed by atoms with E-state index in [0.29, 0.717) is 23.4 Å². The molecule has 1 amide bonds. The van der Waals surface area contributed by atoms with E-state index < -0.39 is 23.6 Å².